The first-order valence-corrected chi connectivity index (χ1v) is 7.54. The number of rotatable bonds is 3. The predicted octanol–water partition coefficient (Wildman–Crippen LogP) is 2.99. The van der Waals surface area contributed by atoms with Gasteiger partial charge in [0.2, 0.25) is 17.6 Å². The predicted molar refractivity (Wildman–Crippen MR) is 78.5 cm³/mol. The highest BCUT2D eigenvalue weighted by atomic mass is 19.1. The third kappa shape index (κ3) is 3.00. The van der Waals surface area contributed by atoms with Crippen LogP contribution < -0.4 is 0 Å². The summed E-state index contributed by atoms with van der Waals surface area (Å²) in [4.78, 5) is 18.1. The summed E-state index contributed by atoms with van der Waals surface area (Å²) < 4.78 is 18.3. The zero-order chi connectivity index (χ0) is 15.5. The lowest BCUT2D eigenvalue weighted by molar-refractivity contribution is -0.132. The van der Waals surface area contributed by atoms with Gasteiger partial charge in [-0.2, -0.15) is 4.98 Å². The smallest absolute Gasteiger partial charge is 0.231 e. The van der Waals surface area contributed by atoms with Gasteiger partial charge in [-0.1, -0.05) is 12.1 Å². The van der Waals surface area contributed by atoms with E-state index in [9.17, 15) is 9.18 Å². The van der Waals surface area contributed by atoms with E-state index in [0.717, 1.165) is 19.4 Å². The van der Waals surface area contributed by atoms with Crippen molar-refractivity contribution in [2.24, 2.45) is 0 Å². The Morgan fingerprint density at radius 1 is 1.41 bits per heavy atom. The van der Waals surface area contributed by atoms with Crippen LogP contribution in [0.25, 0.3) is 11.4 Å². The van der Waals surface area contributed by atoms with Crippen molar-refractivity contribution in [1.29, 1.82) is 0 Å². The number of carbonyl (C=O) groups excluding carboxylic acids is 1. The van der Waals surface area contributed by atoms with Crippen LogP contribution >= 0.6 is 0 Å². The summed E-state index contributed by atoms with van der Waals surface area (Å²) in [6, 6.07) is 5.98. The Morgan fingerprint density at radius 2 is 2.18 bits per heavy atom. The molecule has 1 aromatic carbocycles. The van der Waals surface area contributed by atoms with E-state index >= 15 is 0 Å². The summed E-state index contributed by atoms with van der Waals surface area (Å²) in [5, 5.41) is 3.97. The molecule has 116 valence electrons. The highest BCUT2D eigenvalue weighted by molar-refractivity contribution is 5.76. The third-order valence-corrected chi connectivity index (χ3v) is 3.97. The van der Waals surface area contributed by atoms with Crippen molar-refractivity contribution in [2.45, 2.75) is 32.1 Å². The summed E-state index contributed by atoms with van der Waals surface area (Å²) >= 11 is 0. The van der Waals surface area contributed by atoms with E-state index in [1.807, 2.05) is 11.8 Å². The van der Waals surface area contributed by atoms with Gasteiger partial charge in [0.15, 0.2) is 0 Å². The van der Waals surface area contributed by atoms with Crippen LogP contribution in [0, 0.1) is 5.82 Å². The Morgan fingerprint density at radius 3 is 2.91 bits per heavy atom. The van der Waals surface area contributed by atoms with Crippen LogP contribution in [-0.2, 0) is 4.79 Å². The van der Waals surface area contributed by atoms with Gasteiger partial charge in [-0.15, -0.1) is 0 Å². The molecule has 3 rings (SSSR count). The van der Waals surface area contributed by atoms with Crippen LogP contribution in [0.2, 0.25) is 0 Å². The number of hydrogen-bond acceptors (Lipinski definition) is 4. The molecule has 1 aliphatic rings. The van der Waals surface area contributed by atoms with Crippen LogP contribution in [-0.4, -0.2) is 34.0 Å². The van der Waals surface area contributed by atoms with Crippen molar-refractivity contribution in [3.05, 3.63) is 36.0 Å². The van der Waals surface area contributed by atoms with Gasteiger partial charge in [0, 0.05) is 25.1 Å². The second-order valence-corrected chi connectivity index (χ2v) is 5.50. The first kappa shape index (κ1) is 14.7. The Kier molecular flexibility index (Phi) is 4.18. The molecule has 1 saturated heterocycles. The second-order valence-electron chi connectivity index (χ2n) is 5.50. The minimum atomic E-state index is -0.298. The van der Waals surface area contributed by atoms with Gasteiger partial charge in [-0.05, 0) is 37.1 Å². The molecule has 0 spiro atoms. The SMILES string of the molecule is CCC(=O)N1CCC[C@H](c2nc(-c3ccc(F)cc3)no2)C1. The minimum absolute atomic E-state index is 0.0750. The molecular weight excluding hydrogens is 285 g/mol. The van der Waals surface area contributed by atoms with Crippen LogP contribution in [0.15, 0.2) is 28.8 Å². The van der Waals surface area contributed by atoms with Crippen molar-refractivity contribution < 1.29 is 13.7 Å². The molecule has 1 aromatic heterocycles. The molecule has 0 N–H and O–H groups in total. The molecule has 0 aliphatic carbocycles. The van der Waals surface area contributed by atoms with E-state index in [2.05, 4.69) is 10.1 Å². The number of hydrogen-bond donors (Lipinski definition) is 0. The van der Waals surface area contributed by atoms with E-state index in [-0.39, 0.29) is 17.6 Å². The van der Waals surface area contributed by atoms with Crippen molar-refractivity contribution in [2.75, 3.05) is 13.1 Å². The van der Waals surface area contributed by atoms with Crippen molar-refractivity contribution >= 4 is 5.91 Å². The van der Waals surface area contributed by atoms with Crippen LogP contribution in [0.3, 0.4) is 0 Å². The number of likely N-dealkylation sites (tertiary alicyclic amines) is 1. The lowest BCUT2D eigenvalue weighted by atomic mass is 9.97. The minimum Gasteiger partial charge on any atom is -0.342 e. The molecule has 1 fully saturated rings. The normalized spacial score (nSPS) is 18.5. The summed E-state index contributed by atoms with van der Waals surface area (Å²) in [6.45, 7) is 3.28. The molecule has 6 heteroatoms. The quantitative estimate of drug-likeness (QED) is 0.874. The lowest BCUT2D eigenvalue weighted by Crippen LogP contribution is -2.38. The van der Waals surface area contributed by atoms with Crippen LogP contribution in [0.5, 0.6) is 0 Å². The van der Waals surface area contributed by atoms with Gasteiger partial charge in [0.1, 0.15) is 5.82 Å². The fraction of sp³-hybridized carbons (Fsp3) is 0.438. The highest BCUT2D eigenvalue weighted by Gasteiger charge is 2.28. The van der Waals surface area contributed by atoms with E-state index in [1.165, 1.54) is 12.1 Å². The Hall–Kier alpha value is -2.24. The fourth-order valence-corrected chi connectivity index (χ4v) is 2.75. The topological polar surface area (TPSA) is 59.2 Å². The molecule has 0 unspecified atom stereocenters. The second kappa shape index (κ2) is 6.25. The van der Waals surface area contributed by atoms with Gasteiger partial charge < -0.3 is 9.42 Å². The van der Waals surface area contributed by atoms with Gasteiger partial charge in [-0.25, -0.2) is 4.39 Å². The molecule has 2 heterocycles. The van der Waals surface area contributed by atoms with Gasteiger partial charge in [-0.3, -0.25) is 4.79 Å². The molecule has 1 amide bonds. The molecule has 0 radical (unpaired) electrons. The van der Waals surface area contributed by atoms with Crippen molar-refractivity contribution in [1.82, 2.24) is 15.0 Å². The first-order valence-electron chi connectivity index (χ1n) is 7.54. The summed E-state index contributed by atoms with van der Waals surface area (Å²) in [5.74, 6) is 0.935. The molecule has 0 bridgehead atoms. The Balaban J connectivity index is 1.75. The number of piperidine rings is 1. The number of amides is 1. The van der Waals surface area contributed by atoms with Crippen molar-refractivity contribution in [3.63, 3.8) is 0 Å². The zero-order valence-electron chi connectivity index (χ0n) is 12.5. The lowest BCUT2D eigenvalue weighted by Gasteiger charge is -2.30. The summed E-state index contributed by atoms with van der Waals surface area (Å²) in [5.41, 5.74) is 0.716. The van der Waals surface area contributed by atoms with Crippen molar-refractivity contribution in [3.8, 4) is 11.4 Å². The van der Waals surface area contributed by atoms with Gasteiger partial charge >= 0.3 is 0 Å². The third-order valence-electron chi connectivity index (χ3n) is 3.97. The maximum Gasteiger partial charge on any atom is 0.231 e. The van der Waals surface area contributed by atoms with E-state index < -0.39 is 0 Å². The maximum atomic E-state index is 12.9. The molecule has 5 nitrogen and oxygen atoms in total. The molecule has 1 atom stereocenters. The Labute approximate surface area is 128 Å². The largest absolute Gasteiger partial charge is 0.342 e. The number of nitrogens with zero attached hydrogens (tertiary/aromatic N) is 3. The zero-order valence-corrected chi connectivity index (χ0v) is 12.5. The van der Waals surface area contributed by atoms with Gasteiger partial charge in [0.05, 0.1) is 5.92 Å². The van der Waals surface area contributed by atoms with E-state index in [4.69, 9.17) is 4.52 Å². The summed E-state index contributed by atoms with van der Waals surface area (Å²) in [6.07, 6.45) is 2.38. The highest BCUT2D eigenvalue weighted by Crippen LogP contribution is 2.27. The van der Waals surface area contributed by atoms with Crippen LogP contribution in [0.1, 0.15) is 38.0 Å². The van der Waals surface area contributed by atoms with E-state index in [0.29, 0.717) is 30.2 Å². The Bertz CT molecular complexity index is 654. The molecule has 0 saturated carbocycles. The van der Waals surface area contributed by atoms with Crippen LogP contribution in [0.4, 0.5) is 4.39 Å². The number of benzene rings is 1. The number of aromatic nitrogens is 2. The first-order chi connectivity index (χ1) is 10.7. The van der Waals surface area contributed by atoms with E-state index in [1.54, 1.807) is 12.1 Å². The molecule has 1 aliphatic heterocycles. The van der Waals surface area contributed by atoms with Gasteiger partial charge in [0.25, 0.3) is 0 Å². The molecular formula is C16H18FN3O2. The fourth-order valence-electron chi connectivity index (χ4n) is 2.75. The summed E-state index contributed by atoms with van der Waals surface area (Å²) in [7, 11) is 0. The average Bonchev–Trinajstić information content (AvgIpc) is 3.05. The maximum absolute atomic E-state index is 12.9. The number of halogens is 1. The monoisotopic (exact) mass is 303 g/mol. The molecule has 2 aromatic rings. The number of carbonyl (C=O) groups is 1. The average molecular weight is 303 g/mol. The molecule has 22 heavy (non-hydrogen) atoms. The standard InChI is InChI=1S/C16H18FN3O2/c1-2-14(21)20-9-3-4-12(10-20)16-18-15(19-22-16)11-5-7-13(17)8-6-11/h5-8,12H,2-4,9-10H2,1H3/t12-/m0/s1.